The highest BCUT2D eigenvalue weighted by Gasteiger charge is 2.46. The maximum Gasteiger partial charge on any atom is 0.126 e. The van der Waals surface area contributed by atoms with Crippen molar-refractivity contribution in [2.45, 2.75) is 51.2 Å². The number of fused-ring (bicyclic) bond motifs is 1. The Labute approximate surface area is 123 Å². The Morgan fingerprint density at radius 2 is 2.16 bits per heavy atom. The van der Waals surface area contributed by atoms with Gasteiger partial charge in [-0.1, -0.05) is 35.8 Å². The number of nitrogens with two attached hydrogens (primary N) is 1. The molecule has 0 bridgehead atoms. The third kappa shape index (κ3) is 2.31. The van der Waals surface area contributed by atoms with Crippen molar-refractivity contribution in [2.75, 3.05) is 0 Å². The van der Waals surface area contributed by atoms with Crippen LogP contribution in [0.5, 0.6) is 5.75 Å². The third-order valence-corrected chi connectivity index (χ3v) is 5.46. The molecule has 1 saturated carbocycles. The van der Waals surface area contributed by atoms with Crippen LogP contribution in [0.2, 0.25) is 0 Å². The average molecular weight is 324 g/mol. The lowest BCUT2D eigenvalue weighted by Gasteiger charge is -2.49. The topological polar surface area (TPSA) is 35.2 Å². The fourth-order valence-electron chi connectivity index (χ4n) is 3.77. The van der Waals surface area contributed by atoms with Gasteiger partial charge in [-0.3, -0.25) is 0 Å². The van der Waals surface area contributed by atoms with Crippen molar-refractivity contribution in [1.29, 1.82) is 0 Å². The molecule has 1 aliphatic heterocycles. The van der Waals surface area contributed by atoms with Gasteiger partial charge in [0.05, 0.1) is 0 Å². The predicted molar refractivity (Wildman–Crippen MR) is 81.2 cm³/mol. The molecule has 0 saturated heterocycles. The number of benzene rings is 1. The van der Waals surface area contributed by atoms with Gasteiger partial charge in [0.15, 0.2) is 0 Å². The van der Waals surface area contributed by atoms with Crippen LogP contribution in [0.1, 0.15) is 51.1 Å². The van der Waals surface area contributed by atoms with Gasteiger partial charge in [0.1, 0.15) is 11.4 Å². The first-order chi connectivity index (χ1) is 9.00. The Morgan fingerprint density at radius 1 is 1.37 bits per heavy atom. The van der Waals surface area contributed by atoms with Gasteiger partial charge in [-0.25, -0.2) is 0 Å². The van der Waals surface area contributed by atoms with E-state index in [-0.39, 0.29) is 11.6 Å². The molecule has 1 heterocycles. The van der Waals surface area contributed by atoms with E-state index in [1.54, 1.807) is 0 Å². The largest absolute Gasteiger partial charge is 0.487 e. The van der Waals surface area contributed by atoms with Crippen LogP contribution in [0, 0.1) is 11.8 Å². The molecule has 19 heavy (non-hydrogen) atoms. The third-order valence-electron chi connectivity index (χ3n) is 4.97. The minimum absolute atomic E-state index is 0.0419. The zero-order valence-corrected chi connectivity index (χ0v) is 13.2. The molecule has 3 unspecified atom stereocenters. The second-order valence-corrected chi connectivity index (χ2v) is 7.36. The molecule has 3 rings (SSSR count). The monoisotopic (exact) mass is 323 g/mol. The van der Waals surface area contributed by atoms with E-state index in [9.17, 15) is 0 Å². The summed E-state index contributed by atoms with van der Waals surface area (Å²) in [5, 5.41) is 0. The summed E-state index contributed by atoms with van der Waals surface area (Å²) in [7, 11) is 0. The van der Waals surface area contributed by atoms with Gasteiger partial charge in [-0.15, -0.1) is 0 Å². The number of rotatable bonds is 0. The highest BCUT2D eigenvalue weighted by molar-refractivity contribution is 9.10. The predicted octanol–water partition coefficient (Wildman–Crippen LogP) is 4.43. The van der Waals surface area contributed by atoms with Gasteiger partial charge < -0.3 is 10.5 Å². The van der Waals surface area contributed by atoms with E-state index >= 15 is 0 Å². The van der Waals surface area contributed by atoms with Crippen LogP contribution in [-0.2, 0) is 0 Å². The van der Waals surface area contributed by atoms with Crippen LogP contribution < -0.4 is 10.5 Å². The highest BCUT2D eigenvalue weighted by atomic mass is 79.9. The lowest BCUT2D eigenvalue weighted by Crippen LogP contribution is -2.50. The fourth-order valence-corrected chi connectivity index (χ4v) is 4.11. The molecule has 104 valence electrons. The summed E-state index contributed by atoms with van der Waals surface area (Å²) >= 11 is 3.53. The molecule has 1 spiro atoms. The number of ether oxygens (including phenoxy) is 1. The summed E-state index contributed by atoms with van der Waals surface area (Å²) in [6.07, 6.45) is 4.58. The molecule has 2 aliphatic rings. The smallest absolute Gasteiger partial charge is 0.126 e. The first-order valence-corrected chi connectivity index (χ1v) is 8.03. The molecule has 2 N–H and O–H groups in total. The molecule has 0 radical (unpaired) electrons. The van der Waals surface area contributed by atoms with Crippen molar-refractivity contribution in [1.82, 2.24) is 0 Å². The lowest BCUT2D eigenvalue weighted by molar-refractivity contribution is -0.0519. The Hall–Kier alpha value is -0.540. The van der Waals surface area contributed by atoms with Crippen LogP contribution in [0.4, 0.5) is 0 Å². The molecule has 1 fully saturated rings. The second kappa shape index (κ2) is 4.78. The van der Waals surface area contributed by atoms with Gasteiger partial charge in [-0.05, 0) is 43.2 Å². The molecular formula is C16H22BrNO. The molecule has 3 heteroatoms. The van der Waals surface area contributed by atoms with Gasteiger partial charge in [0.2, 0.25) is 0 Å². The van der Waals surface area contributed by atoms with Crippen LogP contribution in [0.25, 0.3) is 0 Å². The van der Waals surface area contributed by atoms with Crippen LogP contribution in [-0.4, -0.2) is 5.60 Å². The Balaban J connectivity index is 1.95. The SMILES string of the molecule is CC1CCC2(C[C@@H](N)c3ccc(Br)cc3O2)C(C)C1. The molecule has 2 nitrogen and oxygen atoms in total. The molecule has 1 aromatic rings. The molecule has 0 aromatic heterocycles. The minimum Gasteiger partial charge on any atom is -0.487 e. The van der Waals surface area contributed by atoms with E-state index in [2.05, 4.69) is 41.9 Å². The van der Waals surface area contributed by atoms with Crippen molar-refractivity contribution in [3.63, 3.8) is 0 Å². The molecule has 0 amide bonds. The van der Waals surface area contributed by atoms with E-state index in [4.69, 9.17) is 10.5 Å². The van der Waals surface area contributed by atoms with Crippen LogP contribution >= 0.6 is 15.9 Å². The van der Waals surface area contributed by atoms with E-state index in [0.717, 1.165) is 34.5 Å². The number of hydrogen-bond acceptors (Lipinski definition) is 2. The fraction of sp³-hybridized carbons (Fsp3) is 0.625. The first kappa shape index (κ1) is 13.4. The number of hydrogen-bond donors (Lipinski definition) is 1. The molecule has 4 atom stereocenters. The maximum absolute atomic E-state index is 6.46. The molecule has 1 aliphatic carbocycles. The van der Waals surface area contributed by atoms with E-state index < -0.39 is 0 Å². The van der Waals surface area contributed by atoms with Crippen LogP contribution in [0.15, 0.2) is 22.7 Å². The summed E-state index contributed by atoms with van der Waals surface area (Å²) in [5.74, 6) is 2.37. The van der Waals surface area contributed by atoms with Crippen LogP contribution in [0.3, 0.4) is 0 Å². The second-order valence-electron chi connectivity index (χ2n) is 6.44. The summed E-state index contributed by atoms with van der Waals surface area (Å²) in [5.41, 5.74) is 7.51. The molecule has 1 aromatic carbocycles. The van der Waals surface area contributed by atoms with Crippen molar-refractivity contribution >= 4 is 15.9 Å². The normalized spacial score (nSPS) is 37.8. The average Bonchev–Trinajstić information content (AvgIpc) is 2.34. The van der Waals surface area contributed by atoms with Crippen molar-refractivity contribution in [3.8, 4) is 5.75 Å². The van der Waals surface area contributed by atoms with Gasteiger partial charge in [-0.2, -0.15) is 0 Å². The van der Waals surface area contributed by atoms with Crippen molar-refractivity contribution in [2.24, 2.45) is 17.6 Å². The zero-order chi connectivity index (χ0) is 13.6. The van der Waals surface area contributed by atoms with E-state index in [1.165, 1.54) is 12.8 Å². The van der Waals surface area contributed by atoms with Crippen molar-refractivity contribution in [3.05, 3.63) is 28.2 Å². The zero-order valence-electron chi connectivity index (χ0n) is 11.7. The lowest BCUT2D eigenvalue weighted by atomic mass is 9.68. The van der Waals surface area contributed by atoms with E-state index in [0.29, 0.717) is 5.92 Å². The summed E-state index contributed by atoms with van der Waals surface area (Å²) in [6, 6.07) is 6.31. The van der Waals surface area contributed by atoms with Gasteiger partial charge in [0.25, 0.3) is 0 Å². The first-order valence-electron chi connectivity index (χ1n) is 7.24. The molecular weight excluding hydrogens is 302 g/mol. The quantitative estimate of drug-likeness (QED) is 0.766. The van der Waals surface area contributed by atoms with Gasteiger partial charge in [0, 0.05) is 22.5 Å². The highest BCUT2D eigenvalue weighted by Crippen LogP contribution is 2.49. The van der Waals surface area contributed by atoms with Gasteiger partial charge >= 0.3 is 0 Å². The summed E-state index contributed by atoms with van der Waals surface area (Å²) < 4.78 is 7.52. The van der Waals surface area contributed by atoms with E-state index in [1.807, 2.05) is 6.07 Å². The maximum atomic E-state index is 6.46. The Kier molecular flexibility index (Phi) is 3.38. The summed E-state index contributed by atoms with van der Waals surface area (Å²) in [6.45, 7) is 4.67. The Morgan fingerprint density at radius 3 is 2.89 bits per heavy atom. The summed E-state index contributed by atoms with van der Waals surface area (Å²) in [4.78, 5) is 0. The Bertz CT molecular complexity index is 490. The standard InChI is InChI=1S/C16H22BrNO/c1-10-5-6-16(11(2)7-10)9-14(18)13-4-3-12(17)8-15(13)19-16/h3-4,8,10-11,14H,5-7,9,18H2,1-2H3/t10?,11?,14-,16?/m1/s1. The minimum atomic E-state index is -0.0419. The van der Waals surface area contributed by atoms with Crippen molar-refractivity contribution < 1.29 is 4.74 Å². The number of halogens is 1.